The highest BCUT2D eigenvalue weighted by molar-refractivity contribution is 5.49. The van der Waals surface area contributed by atoms with Crippen LogP contribution in [-0.4, -0.2) is 6.29 Å². The van der Waals surface area contributed by atoms with Crippen molar-refractivity contribution in [2.45, 2.75) is 39.0 Å². The molecule has 0 bridgehead atoms. The van der Waals surface area contributed by atoms with Gasteiger partial charge in [-0.25, -0.2) is 0 Å². The molecule has 0 N–H and O–H groups in total. The number of carbonyl (C=O) groups is 1. The Morgan fingerprint density at radius 2 is 2.14 bits per heavy atom. The molecule has 76 valence electrons. The maximum absolute atomic E-state index is 10.2. The Labute approximate surface area is 86.1 Å². The van der Waals surface area contributed by atoms with E-state index in [1.807, 2.05) is 0 Å². The zero-order chi connectivity index (χ0) is 10.4. The number of unbranched alkanes of at least 4 members (excludes halogenated alkanes) is 1. The molecule has 0 amide bonds. The lowest BCUT2D eigenvalue weighted by molar-refractivity contribution is -0.107. The van der Waals surface area contributed by atoms with Gasteiger partial charge >= 0.3 is 0 Å². The average molecular weight is 190 g/mol. The summed E-state index contributed by atoms with van der Waals surface area (Å²) in [6.07, 6.45) is 3.64. The summed E-state index contributed by atoms with van der Waals surface area (Å²) in [5, 5.41) is 0. The van der Waals surface area contributed by atoms with E-state index in [2.05, 4.69) is 38.1 Å². The third-order valence-electron chi connectivity index (χ3n) is 2.41. The minimum Gasteiger partial charge on any atom is -0.303 e. The highest BCUT2D eigenvalue weighted by Gasteiger charge is 1.99. The van der Waals surface area contributed by atoms with E-state index in [0.29, 0.717) is 12.3 Å². The number of carbonyl (C=O) groups excluding carboxylic acids is 1. The van der Waals surface area contributed by atoms with Crippen molar-refractivity contribution in [3.63, 3.8) is 0 Å². The molecule has 0 aromatic heterocycles. The second kappa shape index (κ2) is 5.58. The van der Waals surface area contributed by atoms with Crippen LogP contribution in [0.5, 0.6) is 0 Å². The Morgan fingerprint density at radius 3 is 2.79 bits per heavy atom. The Bertz CT molecular complexity index is 289. The molecule has 1 nitrogen and oxygen atoms in total. The van der Waals surface area contributed by atoms with Crippen LogP contribution < -0.4 is 0 Å². The first-order chi connectivity index (χ1) is 6.74. The second-order valence-electron chi connectivity index (χ2n) is 3.96. The molecule has 0 aliphatic rings. The van der Waals surface area contributed by atoms with Crippen molar-refractivity contribution >= 4 is 6.29 Å². The SMILES string of the molecule is CC(C)c1cccc(CCCC=O)c1. The lowest BCUT2D eigenvalue weighted by Crippen LogP contribution is -1.91. The van der Waals surface area contributed by atoms with E-state index in [0.717, 1.165) is 19.1 Å². The summed E-state index contributed by atoms with van der Waals surface area (Å²) in [4.78, 5) is 10.2. The van der Waals surface area contributed by atoms with Crippen molar-refractivity contribution in [1.82, 2.24) is 0 Å². The fourth-order valence-electron chi connectivity index (χ4n) is 1.50. The average Bonchev–Trinajstić information content (AvgIpc) is 2.19. The third kappa shape index (κ3) is 3.33. The first-order valence-corrected chi connectivity index (χ1v) is 5.26. The van der Waals surface area contributed by atoms with E-state index in [9.17, 15) is 4.79 Å². The quantitative estimate of drug-likeness (QED) is 0.514. The summed E-state index contributed by atoms with van der Waals surface area (Å²) in [5.74, 6) is 0.584. The fourth-order valence-corrected chi connectivity index (χ4v) is 1.50. The van der Waals surface area contributed by atoms with Gasteiger partial charge in [-0.05, 0) is 29.9 Å². The van der Waals surface area contributed by atoms with Crippen LogP contribution >= 0.6 is 0 Å². The number of aldehydes is 1. The van der Waals surface area contributed by atoms with Gasteiger partial charge in [0.15, 0.2) is 0 Å². The fraction of sp³-hybridized carbons (Fsp3) is 0.462. The third-order valence-corrected chi connectivity index (χ3v) is 2.41. The Kier molecular flexibility index (Phi) is 4.37. The molecule has 0 spiro atoms. The predicted molar refractivity (Wildman–Crippen MR) is 59.5 cm³/mol. The van der Waals surface area contributed by atoms with Crippen LogP contribution in [0.1, 0.15) is 43.7 Å². The smallest absolute Gasteiger partial charge is 0.120 e. The Balaban J connectivity index is 2.59. The van der Waals surface area contributed by atoms with Gasteiger partial charge in [0.25, 0.3) is 0 Å². The molecule has 0 unspecified atom stereocenters. The first-order valence-electron chi connectivity index (χ1n) is 5.26. The van der Waals surface area contributed by atoms with Crippen molar-refractivity contribution in [1.29, 1.82) is 0 Å². The van der Waals surface area contributed by atoms with Gasteiger partial charge in [0.2, 0.25) is 0 Å². The zero-order valence-electron chi connectivity index (χ0n) is 8.99. The molecule has 14 heavy (non-hydrogen) atoms. The van der Waals surface area contributed by atoms with E-state index in [1.54, 1.807) is 0 Å². The predicted octanol–water partition coefficient (Wildman–Crippen LogP) is 3.33. The number of benzene rings is 1. The van der Waals surface area contributed by atoms with E-state index in [-0.39, 0.29) is 0 Å². The van der Waals surface area contributed by atoms with Crippen molar-refractivity contribution in [3.8, 4) is 0 Å². The van der Waals surface area contributed by atoms with Crippen LogP contribution in [0.2, 0.25) is 0 Å². The molecule has 1 aromatic rings. The molecule has 0 heterocycles. The van der Waals surface area contributed by atoms with E-state index in [4.69, 9.17) is 0 Å². The first kappa shape index (κ1) is 11.0. The highest BCUT2D eigenvalue weighted by atomic mass is 16.1. The molecule has 1 heteroatoms. The van der Waals surface area contributed by atoms with Gasteiger partial charge in [0.1, 0.15) is 6.29 Å². The standard InChI is InChI=1S/C13H18O/c1-11(2)13-8-5-7-12(10-13)6-3-4-9-14/h5,7-11H,3-4,6H2,1-2H3. The van der Waals surface area contributed by atoms with E-state index in [1.165, 1.54) is 11.1 Å². The molecule has 0 fully saturated rings. The summed E-state index contributed by atoms with van der Waals surface area (Å²) < 4.78 is 0. The molecule has 1 rings (SSSR count). The zero-order valence-corrected chi connectivity index (χ0v) is 8.99. The van der Waals surface area contributed by atoms with E-state index < -0.39 is 0 Å². The van der Waals surface area contributed by atoms with Crippen molar-refractivity contribution < 1.29 is 4.79 Å². The highest BCUT2D eigenvalue weighted by Crippen LogP contribution is 2.16. The number of hydrogen-bond acceptors (Lipinski definition) is 1. The van der Waals surface area contributed by atoms with Gasteiger partial charge in [-0.1, -0.05) is 38.1 Å². The van der Waals surface area contributed by atoms with Crippen LogP contribution in [0.15, 0.2) is 24.3 Å². The summed E-state index contributed by atoms with van der Waals surface area (Å²) in [6, 6.07) is 8.64. The van der Waals surface area contributed by atoms with Gasteiger partial charge in [-0.2, -0.15) is 0 Å². The molecule has 0 atom stereocenters. The monoisotopic (exact) mass is 190 g/mol. The summed E-state index contributed by atoms with van der Waals surface area (Å²) in [7, 11) is 0. The second-order valence-corrected chi connectivity index (χ2v) is 3.96. The van der Waals surface area contributed by atoms with Crippen LogP contribution in [-0.2, 0) is 11.2 Å². The van der Waals surface area contributed by atoms with Gasteiger partial charge in [-0.3, -0.25) is 0 Å². The molecule has 0 saturated heterocycles. The van der Waals surface area contributed by atoms with Gasteiger partial charge < -0.3 is 4.79 Å². The molecule has 0 saturated carbocycles. The molecule has 0 aliphatic heterocycles. The van der Waals surface area contributed by atoms with Gasteiger partial charge in [0, 0.05) is 6.42 Å². The topological polar surface area (TPSA) is 17.1 Å². The van der Waals surface area contributed by atoms with Crippen molar-refractivity contribution in [2.75, 3.05) is 0 Å². The summed E-state index contributed by atoms with van der Waals surface area (Å²) in [6.45, 7) is 4.40. The number of rotatable bonds is 5. The maximum Gasteiger partial charge on any atom is 0.120 e. The van der Waals surface area contributed by atoms with Gasteiger partial charge in [-0.15, -0.1) is 0 Å². The lowest BCUT2D eigenvalue weighted by Gasteiger charge is -2.07. The van der Waals surface area contributed by atoms with E-state index >= 15 is 0 Å². The number of aryl methyl sites for hydroxylation is 1. The van der Waals surface area contributed by atoms with Crippen LogP contribution in [0.3, 0.4) is 0 Å². The largest absolute Gasteiger partial charge is 0.303 e. The minimum absolute atomic E-state index is 0.584. The molecular weight excluding hydrogens is 172 g/mol. The molecule has 0 aliphatic carbocycles. The summed E-state index contributed by atoms with van der Waals surface area (Å²) in [5.41, 5.74) is 2.73. The van der Waals surface area contributed by atoms with Crippen molar-refractivity contribution in [2.24, 2.45) is 0 Å². The normalized spacial score (nSPS) is 10.5. The summed E-state index contributed by atoms with van der Waals surface area (Å²) >= 11 is 0. The Morgan fingerprint density at radius 1 is 1.36 bits per heavy atom. The molecule has 0 radical (unpaired) electrons. The lowest BCUT2D eigenvalue weighted by atomic mass is 9.99. The minimum atomic E-state index is 0.584. The number of hydrogen-bond donors (Lipinski definition) is 0. The molecular formula is C13H18O. The van der Waals surface area contributed by atoms with Crippen molar-refractivity contribution in [3.05, 3.63) is 35.4 Å². The van der Waals surface area contributed by atoms with Gasteiger partial charge in [0.05, 0.1) is 0 Å². The van der Waals surface area contributed by atoms with Crippen LogP contribution in [0.4, 0.5) is 0 Å². The Hall–Kier alpha value is -1.11. The maximum atomic E-state index is 10.2. The van der Waals surface area contributed by atoms with Crippen LogP contribution in [0, 0.1) is 0 Å². The van der Waals surface area contributed by atoms with Crippen LogP contribution in [0.25, 0.3) is 0 Å². The molecule has 1 aromatic carbocycles.